The second kappa shape index (κ2) is 3.85. The molecule has 0 heterocycles. The second-order valence-electron chi connectivity index (χ2n) is 2.96. The lowest BCUT2D eigenvalue weighted by Gasteiger charge is -2.35. The van der Waals surface area contributed by atoms with Crippen molar-refractivity contribution in [2.24, 2.45) is 5.41 Å². The van der Waals surface area contributed by atoms with E-state index in [4.69, 9.17) is 0 Å². The van der Waals surface area contributed by atoms with Crippen LogP contribution in [0.3, 0.4) is 0 Å². The van der Waals surface area contributed by atoms with Crippen molar-refractivity contribution in [3.63, 3.8) is 0 Å². The molecule has 0 fully saturated rings. The van der Waals surface area contributed by atoms with Crippen molar-refractivity contribution in [3.8, 4) is 0 Å². The quantitative estimate of drug-likeness (QED) is 0.514. The molecule has 0 aromatic carbocycles. The van der Waals surface area contributed by atoms with Gasteiger partial charge in [-0.3, -0.25) is 0 Å². The van der Waals surface area contributed by atoms with Crippen LogP contribution in [0.25, 0.3) is 0 Å². The smallest absolute Gasteiger partial charge is 0.171 e. The van der Waals surface area contributed by atoms with Crippen LogP contribution in [0.1, 0.15) is 6.42 Å². The highest BCUT2D eigenvalue weighted by atomic mass is 19.4. The number of allylic oxidation sites excluding steroid dienone is 1. The van der Waals surface area contributed by atoms with Gasteiger partial charge in [0, 0.05) is 0 Å². The minimum atomic E-state index is -6.11. The van der Waals surface area contributed by atoms with Gasteiger partial charge in [0.2, 0.25) is 0 Å². The number of halogens is 9. The monoisotopic (exact) mass is 260 g/mol. The topological polar surface area (TPSA) is 0 Å². The van der Waals surface area contributed by atoms with E-state index in [-0.39, 0.29) is 0 Å². The molecule has 0 rings (SSSR count). The van der Waals surface area contributed by atoms with Crippen LogP contribution in [0.15, 0.2) is 12.7 Å². The van der Waals surface area contributed by atoms with E-state index in [9.17, 15) is 39.5 Å². The molecule has 0 atom stereocenters. The largest absolute Gasteiger partial charge is 0.406 e. The van der Waals surface area contributed by atoms with Gasteiger partial charge in [-0.15, -0.1) is 6.58 Å². The van der Waals surface area contributed by atoms with Crippen LogP contribution in [0, 0.1) is 5.41 Å². The molecule has 16 heavy (non-hydrogen) atoms. The Labute approximate surface area is 83.7 Å². The Balaban J connectivity index is 5.60. The van der Waals surface area contributed by atoms with Crippen LogP contribution in [0.4, 0.5) is 39.5 Å². The van der Waals surface area contributed by atoms with Crippen molar-refractivity contribution >= 4 is 0 Å². The molecule has 0 saturated carbocycles. The predicted octanol–water partition coefficient (Wildman–Crippen LogP) is 4.24. The van der Waals surface area contributed by atoms with Crippen LogP contribution in [0.5, 0.6) is 0 Å². The van der Waals surface area contributed by atoms with Gasteiger partial charge >= 0.3 is 18.5 Å². The molecule has 0 nitrogen and oxygen atoms in total. The lowest BCUT2D eigenvalue weighted by atomic mass is 9.82. The fourth-order valence-corrected chi connectivity index (χ4v) is 0.981. The average molecular weight is 260 g/mol. The van der Waals surface area contributed by atoms with E-state index in [2.05, 4.69) is 6.58 Å². The van der Waals surface area contributed by atoms with E-state index in [0.29, 0.717) is 0 Å². The van der Waals surface area contributed by atoms with Crippen LogP contribution in [0.2, 0.25) is 0 Å². The number of rotatable bonds is 2. The summed E-state index contributed by atoms with van der Waals surface area (Å²) in [5.74, 6) is 0. The minimum absolute atomic E-state index is 0.763. The van der Waals surface area contributed by atoms with E-state index in [0.717, 1.165) is 0 Å². The van der Waals surface area contributed by atoms with E-state index in [1.54, 1.807) is 0 Å². The molecule has 0 spiro atoms. The summed E-state index contributed by atoms with van der Waals surface area (Å²) in [6.45, 7) is 2.21. The van der Waals surface area contributed by atoms with Gasteiger partial charge in [0.25, 0.3) is 0 Å². The third-order valence-electron chi connectivity index (χ3n) is 1.84. The minimum Gasteiger partial charge on any atom is -0.171 e. The first-order valence-electron chi connectivity index (χ1n) is 3.60. The average Bonchev–Trinajstić information content (AvgIpc) is 1.93. The first-order valence-corrected chi connectivity index (χ1v) is 3.60. The number of hydrogen-bond donors (Lipinski definition) is 0. The van der Waals surface area contributed by atoms with Crippen molar-refractivity contribution < 1.29 is 39.5 Å². The Morgan fingerprint density at radius 3 is 1.12 bits per heavy atom. The molecule has 0 aliphatic carbocycles. The van der Waals surface area contributed by atoms with Gasteiger partial charge in [-0.05, 0) is 0 Å². The van der Waals surface area contributed by atoms with Crippen molar-refractivity contribution in [2.45, 2.75) is 24.9 Å². The summed E-state index contributed by atoms with van der Waals surface area (Å²) in [6.07, 6.45) is -21.7. The molecule has 0 aliphatic heterocycles. The Morgan fingerprint density at radius 2 is 1.06 bits per heavy atom. The standard InChI is InChI=1S/C7H5F9/c1-2-4(6(11,12)13,7(14,15)16)3-5(8,9)10/h2H,1,3H2. The fraction of sp³-hybridized carbons (Fsp3) is 0.714. The molecule has 0 unspecified atom stereocenters. The Hall–Kier alpha value is -0.890. The van der Waals surface area contributed by atoms with E-state index < -0.39 is 36.4 Å². The van der Waals surface area contributed by atoms with Gasteiger partial charge < -0.3 is 0 Å². The lowest BCUT2D eigenvalue weighted by molar-refractivity contribution is -0.344. The van der Waals surface area contributed by atoms with Gasteiger partial charge in [-0.1, -0.05) is 6.08 Å². The van der Waals surface area contributed by atoms with E-state index in [1.165, 1.54) is 0 Å². The number of alkyl halides is 9. The SMILES string of the molecule is C=CC(CC(F)(F)F)(C(F)(F)F)C(F)(F)F. The molecule has 0 aromatic rings. The third kappa shape index (κ3) is 2.82. The summed E-state index contributed by atoms with van der Waals surface area (Å²) in [7, 11) is 0. The fourth-order valence-electron chi connectivity index (χ4n) is 0.981. The molecule has 0 aromatic heterocycles. The molecule has 0 amide bonds. The lowest BCUT2D eigenvalue weighted by Crippen LogP contribution is -2.51. The van der Waals surface area contributed by atoms with Crippen LogP contribution in [-0.4, -0.2) is 18.5 Å². The van der Waals surface area contributed by atoms with Gasteiger partial charge in [0.1, 0.15) is 0 Å². The molecule has 96 valence electrons. The predicted molar refractivity (Wildman–Crippen MR) is 35.4 cm³/mol. The van der Waals surface area contributed by atoms with Gasteiger partial charge in [0.05, 0.1) is 6.42 Å². The van der Waals surface area contributed by atoms with Crippen molar-refractivity contribution in [2.75, 3.05) is 0 Å². The summed E-state index contributed by atoms with van der Waals surface area (Å²) in [6, 6.07) is 0. The maximum atomic E-state index is 12.1. The highest BCUT2D eigenvalue weighted by Gasteiger charge is 2.71. The number of hydrogen-bond acceptors (Lipinski definition) is 0. The molecule has 9 heteroatoms. The molecular weight excluding hydrogens is 255 g/mol. The Kier molecular flexibility index (Phi) is 3.63. The highest BCUT2D eigenvalue weighted by Crippen LogP contribution is 2.56. The summed E-state index contributed by atoms with van der Waals surface area (Å²) < 4.78 is 108. The van der Waals surface area contributed by atoms with Crippen molar-refractivity contribution in [1.82, 2.24) is 0 Å². The normalized spacial score (nSPS) is 15.1. The Morgan fingerprint density at radius 1 is 0.750 bits per heavy atom. The second-order valence-corrected chi connectivity index (χ2v) is 2.96. The first kappa shape index (κ1) is 15.1. The molecular formula is C7H5F9. The molecule has 0 bridgehead atoms. The third-order valence-corrected chi connectivity index (χ3v) is 1.84. The molecule has 0 aliphatic rings. The van der Waals surface area contributed by atoms with Crippen LogP contribution >= 0.6 is 0 Å². The highest BCUT2D eigenvalue weighted by molar-refractivity contribution is 5.06. The Bertz CT molecular complexity index is 239. The zero-order valence-corrected chi connectivity index (χ0v) is 7.39. The summed E-state index contributed by atoms with van der Waals surface area (Å²) in [5.41, 5.74) is -4.96. The van der Waals surface area contributed by atoms with Gasteiger partial charge in [-0.2, -0.15) is 39.5 Å². The van der Waals surface area contributed by atoms with Gasteiger partial charge in [-0.25, -0.2) is 0 Å². The van der Waals surface area contributed by atoms with Gasteiger partial charge in [0.15, 0.2) is 5.41 Å². The maximum absolute atomic E-state index is 12.1. The summed E-state index contributed by atoms with van der Waals surface area (Å²) in [5, 5.41) is 0. The zero-order valence-electron chi connectivity index (χ0n) is 7.39. The van der Waals surface area contributed by atoms with E-state index in [1.807, 2.05) is 0 Å². The molecule has 0 N–H and O–H groups in total. The summed E-state index contributed by atoms with van der Waals surface area (Å²) in [4.78, 5) is 0. The zero-order chi connectivity index (χ0) is 13.4. The van der Waals surface area contributed by atoms with E-state index >= 15 is 0 Å². The maximum Gasteiger partial charge on any atom is 0.406 e. The molecule has 0 radical (unpaired) electrons. The first-order chi connectivity index (χ1) is 6.77. The molecule has 0 saturated heterocycles. The van der Waals surface area contributed by atoms with Crippen molar-refractivity contribution in [1.29, 1.82) is 0 Å². The van der Waals surface area contributed by atoms with Crippen LogP contribution < -0.4 is 0 Å². The van der Waals surface area contributed by atoms with Crippen LogP contribution in [-0.2, 0) is 0 Å². The van der Waals surface area contributed by atoms with Crippen molar-refractivity contribution in [3.05, 3.63) is 12.7 Å². The summed E-state index contributed by atoms with van der Waals surface area (Å²) >= 11 is 0.